The summed E-state index contributed by atoms with van der Waals surface area (Å²) < 4.78 is 5.14. The van der Waals surface area contributed by atoms with E-state index in [2.05, 4.69) is 4.98 Å². The molecule has 2 amide bonds. The van der Waals surface area contributed by atoms with Gasteiger partial charge in [-0.05, 0) is 24.3 Å². The van der Waals surface area contributed by atoms with Crippen LogP contribution in [0.15, 0.2) is 30.5 Å². The van der Waals surface area contributed by atoms with E-state index in [1.54, 1.807) is 18.1 Å². The third kappa shape index (κ3) is 2.57. The molecular formula is C16H19N3O3. The number of fused-ring (bicyclic) bond motifs is 1. The van der Waals surface area contributed by atoms with E-state index in [4.69, 9.17) is 10.5 Å². The Bertz CT molecular complexity index is 709. The Morgan fingerprint density at radius 2 is 2.18 bits per heavy atom. The number of rotatable bonds is 4. The van der Waals surface area contributed by atoms with Crippen molar-refractivity contribution in [2.24, 2.45) is 17.6 Å². The fourth-order valence-corrected chi connectivity index (χ4v) is 3.11. The summed E-state index contributed by atoms with van der Waals surface area (Å²) in [5, 5.41) is 0.991. The molecule has 1 aliphatic heterocycles. The lowest BCUT2D eigenvalue weighted by atomic mass is 9.96. The van der Waals surface area contributed by atoms with Crippen LogP contribution in [-0.2, 0) is 9.53 Å². The van der Waals surface area contributed by atoms with E-state index < -0.39 is 0 Å². The summed E-state index contributed by atoms with van der Waals surface area (Å²) in [6.07, 6.45) is 1.84. The molecule has 0 saturated carbocycles. The average Bonchev–Trinajstić information content (AvgIpc) is 3.12. The number of likely N-dealkylation sites (tertiary alicyclic amines) is 1. The Balaban J connectivity index is 1.81. The average molecular weight is 301 g/mol. The number of carbonyl (C=O) groups excluding carboxylic acids is 2. The zero-order valence-corrected chi connectivity index (χ0v) is 12.4. The van der Waals surface area contributed by atoms with Gasteiger partial charge in [-0.2, -0.15) is 0 Å². The van der Waals surface area contributed by atoms with Crippen LogP contribution < -0.4 is 5.73 Å². The van der Waals surface area contributed by atoms with Crippen molar-refractivity contribution in [1.82, 2.24) is 9.88 Å². The fourth-order valence-electron chi connectivity index (χ4n) is 3.11. The second-order valence-electron chi connectivity index (χ2n) is 5.71. The highest BCUT2D eigenvalue weighted by atomic mass is 16.5. The van der Waals surface area contributed by atoms with Crippen molar-refractivity contribution in [1.29, 1.82) is 0 Å². The van der Waals surface area contributed by atoms with Crippen LogP contribution in [0.25, 0.3) is 10.9 Å². The number of nitrogens with one attached hydrogen (secondary N) is 1. The highest BCUT2D eigenvalue weighted by Gasteiger charge is 2.38. The van der Waals surface area contributed by atoms with E-state index in [0.717, 1.165) is 10.9 Å². The Morgan fingerprint density at radius 1 is 1.36 bits per heavy atom. The Kier molecular flexibility index (Phi) is 3.85. The van der Waals surface area contributed by atoms with E-state index in [0.29, 0.717) is 25.3 Å². The van der Waals surface area contributed by atoms with Crippen molar-refractivity contribution in [3.05, 3.63) is 36.0 Å². The maximum absolute atomic E-state index is 12.7. The molecule has 0 radical (unpaired) electrons. The number of ether oxygens (including phenoxy) is 1. The zero-order valence-electron chi connectivity index (χ0n) is 12.4. The summed E-state index contributed by atoms with van der Waals surface area (Å²) in [6, 6.07) is 7.47. The van der Waals surface area contributed by atoms with Gasteiger partial charge in [0.2, 0.25) is 5.91 Å². The molecule has 1 fully saturated rings. The quantitative estimate of drug-likeness (QED) is 0.882. The van der Waals surface area contributed by atoms with Gasteiger partial charge in [0.15, 0.2) is 0 Å². The summed E-state index contributed by atoms with van der Waals surface area (Å²) in [4.78, 5) is 29.0. The molecule has 6 heteroatoms. The van der Waals surface area contributed by atoms with Crippen LogP contribution in [0.3, 0.4) is 0 Å². The first-order valence-corrected chi connectivity index (χ1v) is 7.25. The molecular weight excluding hydrogens is 282 g/mol. The highest BCUT2D eigenvalue weighted by molar-refractivity contribution is 5.98. The standard InChI is InChI=1S/C16H19N3O3/c1-22-9-12-7-19(8-13(12)15(17)20)16(21)11-2-3-14-10(6-11)4-5-18-14/h2-6,12-13,18H,7-9H2,1H3,(H2,17,20)/t12-,13+/m0/s1. The SMILES string of the molecule is COC[C@@H]1CN(C(=O)c2ccc3[nH]ccc3c2)C[C@H]1C(N)=O. The van der Waals surface area contributed by atoms with Crippen LogP contribution >= 0.6 is 0 Å². The number of amides is 2. The topological polar surface area (TPSA) is 88.4 Å². The van der Waals surface area contributed by atoms with Crippen molar-refractivity contribution in [2.75, 3.05) is 26.8 Å². The lowest BCUT2D eigenvalue weighted by Gasteiger charge is -2.16. The first-order valence-electron chi connectivity index (χ1n) is 7.25. The Morgan fingerprint density at radius 3 is 2.91 bits per heavy atom. The number of carbonyl (C=O) groups is 2. The molecule has 2 heterocycles. The minimum Gasteiger partial charge on any atom is -0.384 e. The van der Waals surface area contributed by atoms with Crippen LogP contribution in [-0.4, -0.2) is 48.5 Å². The number of nitrogens with two attached hydrogens (primary N) is 1. The number of nitrogens with zero attached hydrogens (tertiary/aromatic N) is 1. The molecule has 22 heavy (non-hydrogen) atoms. The van der Waals surface area contributed by atoms with E-state index in [-0.39, 0.29) is 23.7 Å². The van der Waals surface area contributed by atoms with Crippen molar-refractivity contribution in [3.8, 4) is 0 Å². The van der Waals surface area contributed by atoms with Gasteiger partial charge in [-0.1, -0.05) is 0 Å². The molecule has 0 aliphatic carbocycles. The van der Waals surface area contributed by atoms with E-state index in [1.165, 1.54) is 0 Å². The van der Waals surface area contributed by atoms with Gasteiger partial charge in [-0.25, -0.2) is 0 Å². The molecule has 2 aromatic rings. The zero-order chi connectivity index (χ0) is 15.7. The van der Waals surface area contributed by atoms with Gasteiger partial charge < -0.3 is 20.4 Å². The molecule has 1 aromatic carbocycles. The molecule has 0 unspecified atom stereocenters. The minimum atomic E-state index is -0.376. The van der Waals surface area contributed by atoms with Gasteiger partial charge in [0.1, 0.15) is 0 Å². The first-order chi connectivity index (χ1) is 10.6. The monoisotopic (exact) mass is 301 g/mol. The van der Waals surface area contributed by atoms with Crippen LogP contribution in [0.2, 0.25) is 0 Å². The molecule has 1 aromatic heterocycles. The van der Waals surface area contributed by atoms with Crippen LogP contribution in [0.4, 0.5) is 0 Å². The van der Waals surface area contributed by atoms with Crippen molar-refractivity contribution >= 4 is 22.7 Å². The van der Waals surface area contributed by atoms with Gasteiger partial charge in [0, 0.05) is 48.8 Å². The number of methoxy groups -OCH3 is 1. The van der Waals surface area contributed by atoms with E-state index in [1.807, 2.05) is 24.4 Å². The third-order valence-corrected chi connectivity index (χ3v) is 4.27. The normalized spacial score (nSPS) is 21.4. The molecule has 6 nitrogen and oxygen atoms in total. The molecule has 1 saturated heterocycles. The molecule has 2 atom stereocenters. The number of H-pyrrole nitrogens is 1. The number of benzene rings is 1. The predicted octanol–water partition coefficient (Wildman–Crippen LogP) is 0.988. The maximum Gasteiger partial charge on any atom is 0.253 e. The second-order valence-corrected chi connectivity index (χ2v) is 5.71. The van der Waals surface area contributed by atoms with E-state index >= 15 is 0 Å². The van der Waals surface area contributed by atoms with E-state index in [9.17, 15) is 9.59 Å². The summed E-state index contributed by atoms with van der Waals surface area (Å²) in [5.74, 6) is -0.839. The second kappa shape index (κ2) is 5.81. The predicted molar refractivity (Wildman–Crippen MR) is 82.3 cm³/mol. The Hall–Kier alpha value is -2.34. The Labute approximate surface area is 128 Å². The van der Waals surface area contributed by atoms with Gasteiger partial charge in [0.05, 0.1) is 12.5 Å². The molecule has 0 spiro atoms. The fraction of sp³-hybridized carbons (Fsp3) is 0.375. The third-order valence-electron chi connectivity index (χ3n) is 4.27. The number of aromatic nitrogens is 1. The van der Waals surface area contributed by atoms with Gasteiger partial charge in [0.25, 0.3) is 5.91 Å². The molecule has 3 N–H and O–H groups in total. The smallest absolute Gasteiger partial charge is 0.253 e. The lowest BCUT2D eigenvalue weighted by molar-refractivity contribution is -0.122. The van der Waals surface area contributed by atoms with Gasteiger partial charge in [-0.3, -0.25) is 9.59 Å². The first kappa shape index (κ1) is 14.6. The summed E-state index contributed by atoms with van der Waals surface area (Å²) in [7, 11) is 1.59. The number of primary amides is 1. The largest absolute Gasteiger partial charge is 0.384 e. The van der Waals surface area contributed by atoms with Crippen molar-refractivity contribution < 1.29 is 14.3 Å². The summed E-state index contributed by atoms with van der Waals surface area (Å²) >= 11 is 0. The highest BCUT2D eigenvalue weighted by Crippen LogP contribution is 2.26. The number of aromatic amines is 1. The van der Waals surface area contributed by atoms with Crippen molar-refractivity contribution in [2.45, 2.75) is 0 Å². The maximum atomic E-state index is 12.7. The molecule has 0 bridgehead atoms. The minimum absolute atomic E-state index is 0.0394. The van der Waals surface area contributed by atoms with Crippen LogP contribution in [0.1, 0.15) is 10.4 Å². The summed E-state index contributed by atoms with van der Waals surface area (Å²) in [5.41, 5.74) is 7.05. The number of hydrogen-bond donors (Lipinski definition) is 2. The van der Waals surface area contributed by atoms with Crippen LogP contribution in [0, 0.1) is 11.8 Å². The number of hydrogen-bond acceptors (Lipinski definition) is 3. The molecule has 116 valence electrons. The van der Waals surface area contributed by atoms with Crippen LogP contribution in [0.5, 0.6) is 0 Å². The lowest BCUT2D eigenvalue weighted by Crippen LogP contribution is -2.32. The molecule has 1 aliphatic rings. The van der Waals surface area contributed by atoms with Crippen molar-refractivity contribution in [3.63, 3.8) is 0 Å². The van der Waals surface area contributed by atoms with Gasteiger partial charge >= 0.3 is 0 Å². The summed E-state index contributed by atoms with van der Waals surface area (Å²) in [6.45, 7) is 1.27. The molecule has 3 rings (SSSR count). The van der Waals surface area contributed by atoms with Gasteiger partial charge in [-0.15, -0.1) is 0 Å².